The summed E-state index contributed by atoms with van der Waals surface area (Å²) in [6.45, 7) is 1.53. The minimum absolute atomic E-state index is 0.402. The maximum absolute atomic E-state index is 13.1. The number of rotatable bonds is 1. The highest BCUT2D eigenvalue weighted by Crippen LogP contribution is 2.44. The quantitative estimate of drug-likeness (QED) is 0.559. The van der Waals surface area contributed by atoms with Crippen molar-refractivity contribution in [1.29, 1.82) is 0 Å². The molecule has 0 aliphatic carbocycles. The van der Waals surface area contributed by atoms with Gasteiger partial charge in [0.15, 0.2) is 0 Å². The molecule has 24 heavy (non-hydrogen) atoms. The van der Waals surface area contributed by atoms with Crippen LogP contribution in [0.25, 0.3) is 22.2 Å². The van der Waals surface area contributed by atoms with Gasteiger partial charge in [0.25, 0.3) is 6.08 Å². The van der Waals surface area contributed by atoms with Crippen molar-refractivity contribution in [3.05, 3.63) is 71.3 Å². The van der Waals surface area contributed by atoms with Crippen LogP contribution >= 0.6 is 11.6 Å². The smallest absolute Gasteiger partial charge is 0.267 e. The minimum Gasteiger partial charge on any atom is -0.279 e. The lowest BCUT2D eigenvalue weighted by Gasteiger charge is -2.33. The van der Waals surface area contributed by atoms with Crippen molar-refractivity contribution in [2.75, 3.05) is 0 Å². The fraction of sp³-hybridized carbons (Fsp3) is 0.105. The van der Waals surface area contributed by atoms with E-state index in [1.54, 1.807) is 30.3 Å². The van der Waals surface area contributed by atoms with Crippen LogP contribution in [0.3, 0.4) is 0 Å². The average molecular weight is 344 g/mol. The molecular formula is C19H12ClF2NO. The number of allylic oxidation sites excluding steroid dienone is 1. The largest absolute Gasteiger partial charge is 0.279 e. The molecule has 2 nitrogen and oxygen atoms in total. The van der Waals surface area contributed by atoms with E-state index >= 15 is 0 Å². The summed E-state index contributed by atoms with van der Waals surface area (Å²) in [5.41, 5.74) is 1.27. The third-order valence-corrected chi connectivity index (χ3v) is 4.81. The van der Waals surface area contributed by atoms with Crippen LogP contribution in [-0.4, -0.2) is 10.5 Å². The Morgan fingerprint density at radius 2 is 1.92 bits per heavy atom. The third-order valence-electron chi connectivity index (χ3n) is 4.57. The van der Waals surface area contributed by atoms with Crippen molar-refractivity contribution < 1.29 is 13.6 Å². The molecule has 0 fully saturated rings. The molecule has 1 aliphatic rings. The number of carbonyl (C=O) groups is 1. The Kier molecular flexibility index (Phi) is 3.15. The van der Waals surface area contributed by atoms with E-state index < -0.39 is 17.4 Å². The van der Waals surface area contributed by atoms with Crippen LogP contribution in [0, 0.1) is 0 Å². The van der Waals surface area contributed by atoms with Gasteiger partial charge in [-0.2, -0.15) is 8.78 Å². The first-order chi connectivity index (χ1) is 11.4. The van der Waals surface area contributed by atoms with Crippen LogP contribution in [0.15, 0.2) is 60.7 Å². The van der Waals surface area contributed by atoms with Crippen LogP contribution in [0.4, 0.5) is 8.78 Å². The highest BCUT2D eigenvalue weighted by atomic mass is 35.5. The van der Waals surface area contributed by atoms with E-state index in [9.17, 15) is 13.6 Å². The van der Waals surface area contributed by atoms with Gasteiger partial charge in [0.1, 0.15) is 0 Å². The van der Waals surface area contributed by atoms with E-state index in [1.165, 1.54) is 11.5 Å². The van der Waals surface area contributed by atoms with Crippen LogP contribution in [0.2, 0.25) is 5.02 Å². The maximum atomic E-state index is 13.1. The molecule has 0 bridgehead atoms. The fourth-order valence-corrected chi connectivity index (χ4v) is 3.65. The molecule has 5 heteroatoms. The van der Waals surface area contributed by atoms with Gasteiger partial charge in [-0.25, -0.2) is 0 Å². The molecule has 3 aromatic rings. The SMILES string of the molecule is CC1(C=C(F)F)C(=O)n2c(cc3cc(Cl)ccc32)-c2ccccc21. The normalized spacial score (nSPS) is 19.1. The van der Waals surface area contributed by atoms with Crippen LogP contribution in [-0.2, 0) is 5.41 Å². The molecule has 120 valence electrons. The summed E-state index contributed by atoms with van der Waals surface area (Å²) in [4.78, 5) is 13.1. The zero-order valence-corrected chi connectivity index (χ0v) is 13.4. The van der Waals surface area contributed by atoms with Gasteiger partial charge in [0, 0.05) is 22.0 Å². The Morgan fingerprint density at radius 3 is 2.67 bits per heavy atom. The van der Waals surface area contributed by atoms with Gasteiger partial charge >= 0.3 is 0 Å². The highest BCUT2D eigenvalue weighted by Gasteiger charge is 2.42. The monoisotopic (exact) mass is 343 g/mol. The first-order valence-corrected chi connectivity index (χ1v) is 7.79. The summed E-state index contributed by atoms with van der Waals surface area (Å²) in [6, 6.07) is 14.2. The molecule has 1 unspecified atom stereocenters. The predicted molar refractivity (Wildman–Crippen MR) is 90.7 cm³/mol. The van der Waals surface area contributed by atoms with Gasteiger partial charge in [-0.1, -0.05) is 35.9 Å². The average Bonchev–Trinajstić information content (AvgIpc) is 2.91. The number of nitrogens with zero attached hydrogens (tertiary/aromatic N) is 1. The summed E-state index contributed by atoms with van der Waals surface area (Å²) in [6.07, 6.45) is -1.14. The molecule has 0 amide bonds. The Labute approximate surface area is 142 Å². The molecular weight excluding hydrogens is 332 g/mol. The standard InChI is InChI=1S/C19H12ClF2NO/c1-19(10-17(21)22)14-5-3-2-4-13(14)16-9-11-8-12(20)6-7-15(11)23(16)18(19)24/h2-10H,1H3. The Bertz CT molecular complexity index is 1030. The zero-order valence-electron chi connectivity index (χ0n) is 12.7. The molecule has 2 heterocycles. The number of hydrogen-bond acceptors (Lipinski definition) is 1. The van der Waals surface area contributed by atoms with Crippen molar-refractivity contribution in [2.24, 2.45) is 0 Å². The number of halogens is 3. The number of carbonyl (C=O) groups excluding carboxylic acids is 1. The molecule has 0 N–H and O–H groups in total. The summed E-state index contributed by atoms with van der Waals surface area (Å²) >= 11 is 6.04. The van der Waals surface area contributed by atoms with Crippen LogP contribution in [0.1, 0.15) is 17.3 Å². The van der Waals surface area contributed by atoms with Gasteiger partial charge in [-0.15, -0.1) is 0 Å². The maximum Gasteiger partial charge on any atom is 0.267 e. The second-order valence-corrected chi connectivity index (χ2v) is 6.49. The fourth-order valence-electron chi connectivity index (χ4n) is 3.47. The summed E-state index contributed by atoms with van der Waals surface area (Å²) < 4.78 is 27.7. The molecule has 4 rings (SSSR count). The number of fused-ring (bicyclic) bond motifs is 5. The summed E-state index contributed by atoms with van der Waals surface area (Å²) in [5, 5.41) is 1.36. The first-order valence-electron chi connectivity index (χ1n) is 7.41. The van der Waals surface area contributed by atoms with Crippen LogP contribution in [0.5, 0.6) is 0 Å². The van der Waals surface area contributed by atoms with Crippen LogP contribution < -0.4 is 0 Å². The van der Waals surface area contributed by atoms with Gasteiger partial charge in [0.2, 0.25) is 5.91 Å². The minimum atomic E-state index is -1.87. The molecule has 2 aromatic carbocycles. The molecule has 0 radical (unpaired) electrons. The van der Waals surface area contributed by atoms with Gasteiger partial charge in [-0.05, 0) is 36.8 Å². The van der Waals surface area contributed by atoms with E-state index in [0.717, 1.165) is 17.0 Å². The Morgan fingerprint density at radius 1 is 1.17 bits per heavy atom. The molecule has 0 spiro atoms. The van der Waals surface area contributed by atoms with Crippen molar-refractivity contribution in [1.82, 2.24) is 4.57 Å². The number of aromatic nitrogens is 1. The lowest BCUT2D eigenvalue weighted by molar-refractivity contribution is 0.0841. The molecule has 1 aromatic heterocycles. The van der Waals surface area contributed by atoms with Gasteiger partial charge in [0.05, 0.1) is 16.6 Å². The second-order valence-electron chi connectivity index (χ2n) is 6.06. The van der Waals surface area contributed by atoms with Crippen molar-refractivity contribution in [2.45, 2.75) is 12.3 Å². The Balaban J connectivity index is 2.14. The third kappa shape index (κ3) is 1.96. The van der Waals surface area contributed by atoms with E-state index in [0.29, 0.717) is 21.8 Å². The van der Waals surface area contributed by atoms with E-state index in [1.807, 2.05) is 18.2 Å². The second kappa shape index (κ2) is 5.02. The summed E-state index contributed by atoms with van der Waals surface area (Å²) in [5.74, 6) is -0.402. The molecule has 1 aliphatic heterocycles. The summed E-state index contributed by atoms with van der Waals surface area (Å²) in [7, 11) is 0. The van der Waals surface area contributed by atoms with Crippen molar-refractivity contribution in [3.8, 4) is 11.3 Å². The van der Waals surface area contributed by atoms with E-state index in [-0.39, 0.29) is 0 Å². The van der Waals surface area contributed by atoms with Crippen molar-refractivity contribution >= 4 is 28.4 Å². The lowest BCUT2D eigenvalue weighted by atomic mass is 9.76. The molecule has 1 atom stereocenters. The number of benzene rings is 2. The molecule has 0 saturated heterocycles. The molecule has 0 saturated carbocycles. The topological polar surface area (TPSA) is 22.0 Å². The van der Waals surface area contributed by atoms with Gasteiger partial charge in [-0.3, -0.25) is 9.36 Å². The predicted octanol–water partition coefficient (Wildman–Crippen LogP) is 5.65. The van der Waals surface area contributed by atoms with Gasteiger partial charge < -0.3 is 0 Å². The van der Waals surface area contributed by atoms with Crippen molar-refractivity contribution in [3.63, 3.8) is 0 Å². The first kappa shape index (κ1) is 15.1. The Hall–Kier alpha value is -2.46. The highest BCUT2D eigenvalue weighted by molar-refractivity contribution is 6.31. The zero-order chi connectivity index (χ0) is 17.1. The number of hydrogen-bond donors (Lipinski definition) is 0. The van der Waals surface area contributed by atoms with E-state index in [2.05, 4.69) is 0 Å². The van der Waals surface area contributed by atoms with E-state index in [4.69, 9.17) is 11.6 Å². The lowest BCUT2D eigenvalue weighted by Crippen LogP contribution is -2.39.